The number of amides is 1. The molecule has 1 fully saturated rings. The molecule has 2 aromatic heterocycles. The summed E-state index contributed by atoms with van der Waals surface area (Å²) in [5, 5.41) is 8.52. The molecule has 1 atom stereocenters. The van der Waals surface area contributed by atoms with E-state index < -0.39 is 0 Å². The number of carbonyl (C=O) groups is 1. The van der Waals surface area contributed by atoms with Crippen LogP contribution in [0.3, 0.4) is 0 Å². The molecule has 1 amide bonds. The minimum atomic E-state index is 0.0373. The van der Waals surface area contributed by atoms with Crippen molar-refractivity contribution in [1.29, 1.82) is 0 Å². The Morgan fingerprint density at radius 3 is 2.71 bits per heavy atom. The van der Waals surface area contributed by atoms with Crippen molar-refractivity contribution in [2.24, 2.45) is 0 Å². The SMILES string of the molecule is Cc1noc(C2CCCN(C(=O)c3c(C)nn(Cc4ccccc4)c3C)C2)n1. The molecule has 0 bridgehead atoms. The second kappa shape index (κ2) is 7.58. The molecule has 1 saturated heterocycles. The number of hydrogen-bond acceptors (Lipinski definition) is 5. The average molecular weight is 379 g/mol. The van der Waals surface area contributed by atoms with Crippen molar-refractivity contribution in [3.05, 3.63) is 64.6 Å². The molecule has 4 rings (SSSR count). The van der Waals surface area contributed by atoms with Crippen LogP contribution in [0.15, 0.2) is 34.9 Å². The second-order valence-electron chi connectivity index (χ2n) is 7.46. The van der Waals surface area contributed by atoms with E-state index in [0.717, 1.165) is 36.3 Å². The van der Waals surface area contributed by atoms with E-state index in [1.54, 1.807) is 0 Å². The van der Waals surface area contributed by atoms with Crippen LogP contribution in [0.25, 0.3) is 0 Å². The highest BCUT2D eigenvalue weighted by molar-refractivity contribution is 5.96. The number of benzene rings is 1. The van der Waals surface area contributed by atoms with Gasteiger partial charge in [-0.1, -0.05) is 35.5 Å². The third kappa shape index (κ3) is 3.56. The van der Waals surface area contributed by atoms with Crippen LogP contribution in [0.2, 0.25) is 0 Å². The number of carbonyl (C=O) groups excluding carboxylic acids is 1. The van der Waals surface area contributed by atoms with Crippen molar-refractivity contribution in [2.45, 2.75) is 46.1 Å². The van der Waals surface area contributed by atoms with Crippen molar-refractivity contribution >= 4 is 5.91 Å². The molecule has 146 valence electrons. The largest absolute Gasteiger partial charge is 0.339 e. The maximum absolute atomic E-state index is 13.3. The van der Waals surface area contributed by atoms with E-state index in [4.69, 9.17) is 4.52 Å². The van der Waals surface area contributed by atoms with Crippen molar-refractivity contribution in [1.82, 2.24) is 24.8 Å². The quantitative estimate of drug-likeness (QED) is 0.695. The van der Waals surface area contributed by atoms with Gasteiger partial charge in [-0.15, -0.1) is 0 Å². The molecule has 28 heavy (non-hydrogen) atoms. The fourth-order valence-electron chi connectivity index (χ4n) is 3.92. The van der Waals surface area contributed by atoms with Crippen molar-refractivity contribution in [3.63, 3.8) is 0 Å². The zero-order chi connectivity index (χ0) is 19.7. The van der Waals surface area contributed by atoms with Crippen molar-refractivity contribution in [2.75, 3.05) is 13.1 Å². The Balaban J connectivity index is 1.54. The number of rotatable bonds is 4. The Labute approximate surface area is 164 Å². The summed E-state index contributed by atoms with van der Waals surface area (Å²) >= 11 is 0. The number of hydrogen-bond donors (Lipinski definition) is 0. The second-order valence-corrected chi connectivity index (χ2v) is 7.46. The molecule has 3 heterocycles. The fourth-order valence-corrected chi connectivity index (χ4v) is 3.92. The lowest BCUT2D eigenvalue weighted by Crippen LogP contribution is -2.39. The third-order valence-electron chi connectivity index (χ3n) is 5.37. The van der Waals surface area contributed by atoms with Gasteiger partial charge in [0.2, 0.25) is 5.89 Å². The van der Waals surface area contributed by atoms with E-state index in [1.165, 1.54) is 0 Å². The van der Waals surface area contributed by atoms with Gasteiger partial charge in [-0.2, -0.15) is 10.1 Å². The summed E-state index contributed by atoms with van der Waals surface area (Å²) in [7, 11) is 0. The topological polar surface area (TPSA) is 77.0 Å². The van der Waals surface area contributed by atoms with Gasteiger partial charge >= 0.3 is 0 Å². The van der Waals surface area contributed by atoms with Gasteiger partial charge in [0, 0.05) is 18.8 Å². The van der Waals surface area contributed by atoms with E-state index in [1.807, 2.05) is 48.6 Å². The normalized spacial score (nSPS) is 17.1. The molecule has 7 nitrogen and oxygen atoms in total. The van der Waals surface area contributed by atoms with E-state index in [2.05, 4.69) is 27.4 Å². The van der Waals surface area contributed by atoms with Gasteiger partial charge in [0.05, 0.1) is 23.7 Å². The van der Waals surface area contributed by atoms with Crippen LogP contribution in [-0.4, -0.2) is 43.8 Å². The molecule has 3 aromatic rings. The van der Waals surface area contributed by atoms with E-state index in [-0.39, 0.29) is 11.8 Å². The Kier molecular flexibility index (Phi) is 4.98. The van der Waals surface area contributed by atoms with E-state index >= 15 is 0 Å². The van der Waals surface area contributed by atoms with Gasteiger partial charge in [-0.3, -0.25) is 9.48 Å². The molecular weight excluding hydrogens is 354 g/mol. The van der Waals surface area contributed by atoms with Gasteiger partial charge in [0.25, 0.3) is 5.91 Å². The zero-order valence-electron chi connectivity index (χ0n) is 16.6. The minimum absolute atomic E-state index is 0.0373. The van der Waals surface area contributed by atoms with Crippen LogP contribution in [-0.2, 0) is 6.54 Å². The van der Waals surface area contributed by atoms with Crippen LogP contribution in [0.5, 0.6) is 0 Å². The fraction of sp³-hybridized carbons (Fsp3) is 0.429. The standard InChI is InChI=1S/C21H25N5O2/c1-14-19(15(2)26(23-14)12-17-8-5-4-6-9-17)21(27)25-11-7-10-18(13-25)20-22-16(3)24-28-20/h4-6,8-9,18H,7,10-13H2,1-3H3. The molecule has 1 aromatic carbocycles. The molecule has 0 spiro atoms. The first-order chi connectivity index (χ1) is 13.5. The number of aryl methyl sites for hydroxylation is 2. The summed E-state index contributed by atoms with van der Waals surface area (Å²) in [5.41, 5.74) is 3.55. The summed E-state index contributed by atoms with van der Waals surface area (Å²) in [4.78, 5) is 19.6. The predicted molar refractivity (Wildman–Crippen MR) is 104 cm³/mol. The van der Waals surface area contributed by atoms with Crippen molar-refractivity contribution in [3.8, 4) is 0 Å². The Morgan fingerprint density at radius 2 is 2.00 bits per heavy atom. The Bertz CT molecular complexity index is 976. The Morgan fingerprint density at radius 1 is 1.21 bits per heavy atom. The maximum Gasteiger partial charge on any atom is 0.257 e. The van der Waals surface area contributed by atoms with Gasteiger partial charge in [0.1, 0.15) is 0 Å². The first-order valence-corrected chi connectivity index (χ1v) is 9.70. The lowest BCUT2D eigenvalue weighted by atomic mass is 9.97. The van der Waals surface area contributed by atoms with Gasteiger partial charge in [-0.05, 0) is 39.2 Å². The molecule has 1 aliphatic rings. The summed E-state index contributed by atoms with van der Waals surface area (Å²) < 4.78 is 7.26. The summed E-state index contributed by atoms with van der Waals surface area (Å²) in [6.07, 6.45) is 1.88. The zero-order valence-corrected chi connectivity index (χ0v) is 16.6. The lowest BCUT2D eigenvalue weighted by Gasteiger charge is -2.31. The first-order valence-electron chi connectivity index (χ1n) is 9.70. The average Bonchev–Trinajstić information content (AvgIpc) is 3.25. The van der Waals surface area contributed by atoms with Crippen molar-refractivity contribution < 1.29 is 9.32 Å². The number of piperidine rings is 1. The van der Waals surface area contributed by atoms with Gasteiger partial charge in [0.15, 0.2) is 5.82 Å². The summed E-state index contributed by atoms with van der Waals surface area (Å²) in [5.74, 6) is 1.39. The highest BCUT2D eigenvalue weighted by atomic mass is 16.5. The highest BCUT2D eigenvalue weighted by Gasteiger charge is 2.31. The number of nitrogens with zero attached hydrogens (tertiary/aromatic N) is 5. The number of aromatic nitrogens is 4. The first kappa shape index (κ1) is 18.4. The molecule has 7 heteroatoms. The molecule has 0 aliphatic carbocycles. The van der Waals surface area contributed by atoms with E-state index in [9.17, 15) is 4.79 Å². The summed E-state index contributed by atoms with van der Waals surface area (Å²) in [6, 6.07) is 10.2. The van der Waals surface area contributed by atoms with Gasteiger partial charge < -0.3 is 9.42 Å². The van der Waals surface area contributed by atoms with Crippen LogP contribution in [0, 0.1) is 20.8 Å². The molecule has 0 radical (unpaired) electrons. The third-order valence-corrected chi connectivity index (χ3v) is 5.37. The van der Waals surface area contributed by atoms with Crippen LogP contribution in [0.1, 0.15) is 57.8 Å². The van der Waals surface area contributed by atoms with Gasteiger partial charge in [-0.25, -0.2) is 0 Å². The maximum atomic E-state index is 13.3. The summed E-state index contributed by atoms with van der Waals surface area (Å²) in [6.45, 7) is 7.69. The molecule has 1 unspecified atom stereocenters. The number of likely N-dealkylation sites (tertiary alicyclic amines) is 1. The molecule has 0 N–H and O–H groups in total. The molecule has 0 saturated carbocycles. The van der Waals surface area contributed by atoms with Crippen LogP contribution in [0.4, 0.5) is 0 Å². The predicted octanol–water partition coefficient (Wildman–Crippen LogP) is 3.26. The highest BCUT2D eigenvalue weighted by Crippen LogP contribution is 2.28. The van der Waals surface area contributed by atoms with Crippen LogP contribution < -0.4 is 0 Å². The molecule has 1 aliphatic heterocycles. The van der Waals surface area contributed by atoms with E-state index in [0.29, 0.717) is 30.4 Å². The Hall–Kier alpha value is -2.96. The monoisotopic (exact) mass is 379 g/mol. The lowest BCUT2D eigenvalue weighted by molar-refractivity contribution is 0.0694. The smallest absolute Gasteiger partial charge is 0.257 e. The van der Waals surface area contributed by atoms with Crippen LogP contribution >= 0.6 is 0 Å². The minimum Gasteiger partial charge on any atom is -0.339 e. The molecular formula is C21H25N5O2.